The summed E-state index contributed by atoms with van der Waals surface area (Å²) in [5.74, 6) is 0.319. The SMILES string of the molecule is COCCOC(=O)c1ccc(NC(=O)COc2cc(C)ccc2C(C)C)cc1. The number of ether oxygens (including phenoxy) is 3. The maximum absolute atomic E-state index is 12.2. The van der Waals surface area contributed by atoms with Crippen LogP contribution in [-0.4, -0.2) is 38.8 Å². The number of hydrogen-bond donors (Lipinski definition) is 1. The highest BCUT2D eigenvalue weighted by Crippen LogP contribution is 2.27. The van der Waals surface area contributed by atoms with E-state index in [1.807, 2.05) is 25.1 Å². The third-order valence-corrected chi connectivity index (χ3v) is 4.07. The number of benzene rings is 2. The molecule has 0 radical (unpaired) electrons. The zero-order chi connectivity index (χ0) is 20.5. The fourth-order valence-corrected chi connectivity index (χ4v) is 2.57. The van der Waals surface area contributed by atoms with Gasteiger partial charge in [-0.05, 0) is 54.3 Å². The molecule has 6 nitrogen and oxygen atoms in total. The van der Waals surface area contributed by atoms with Gasteiger partial charge in [-0.3, -0.25) is 4.79 Å². The number of methoxy groups -OCH3 is 1. The Morgan fingerprint density at radius 3 is 2.39 bits per heavy atom. The molecule has 0 bridgehead atoms. The molecule has 0 saturated carbocycles. The van der Waals surface area contributed by atoms with Gasteiger partial charge in [0, 0.05) is 12.8 Å². The van der Waals surface area contributed by atoms with Crippen LogP contribution in [0.25, 0.3) is 0 Å². The summed E-state index contributed by atoms with van der Waals surface area (Å²) in [5, 5.41) is 2.76. The molecule has 6 heteroatoms. The van der Waals surface area contributed by atoms with Crippen molar-refractivity contribution in [2.45, 2.75) is 26.7 Å². The molecule has 28 heavy (non-hydrogen) atoms. The lowest BCUT2D eigenvalue weighted by Gasteiger charge is -2.15. The average Bonchev–Trinajstić information content (AvgIpc) is 2.67. The Morgan fingerprint density at radius 1 is 1.04 bits per heavy atom. The van der Waals surface area contributed by atoms with Crippen molar-refractivity contribution in [2.24, 2.45) is 0 Å². The molecule has 0 aromatic heterocycles. The van der Waals surface area contributed by atoms with E-state index in [2.05, 4.69) is 19.2 Å². The molecule has 0 heterocycles. The second kappa shape index (κ2) is 10.5. The molecule has 1 amide bonds. The van der Waals surface area contributed by atoms with Gasteiger partial charge in [0.25, 0.3) is 5.91 Å². The summed E-state index contributed by atoms with van der Waals surface area (Å²) in [4.78, 5) is 24.0. The summed E-state index contributed by atoms with van der Waals surface area (Å²) in [6.45, 7) is 6.60. The van der Waals surface area contributed by atoms with Gasteiger partial charge in [0.05, 0.1) is 12.2 Å². The molecule has 2 rings (SSSR count). The van der Waals surface area contributed by atoms with Gasteiger partial charge in [-0.25, -0.2) is 4.79 Å². The molecular formula is C22H27NO5. The standard InChI is InChI=1S/C22H27NO5/c1-15(2)19-10-5-16(3)13-20(19)28-14-21(24)23-18-8-6-17(7-9-18)22(25)27-12-11-26-4/h5-10,13,15H,11-12,14H2,1-4H3,(H,23,24). The molecule has 0 saturated heterocycles. The molecule has 0 unspecified atom stereocenters. The highest BCUT2D eigenvalue weighted by atomic mass is 16.6. The lowest BCUT2D eigenvalue weighted by Crippen LogP contribution is -2.20. The Balaban J connectivity index is 1.90. The zero-order valence-electron chi connectivity index (χ0n) is 16.8. The first kappa shape index (κ1) is 21.4. The summed E-state index contributed by atoms with van der Waals surface area (Å²) in [7, 11) is 1.54. The minimum atomic E-state index is -0.432. The molecular weight excluding hydrogens is 358 g/mol. The molecule has 0 atom stereocenters. The Bertz CT molecular complexity index is 799. The van der Waals surface area contributed by atoms with Crippen LogP contribution in [0.1, 0.15) is 41.3 Å². The Labute approximate surface area is 165 Å². The van der Waals surface area contributed by atoms with E-state index in [-0.39, 0.29) is 19.1 Å². The van der Waals surface area contributed by atoms with Gasteiger partial charge in [0.1, 0.15) is 12.4 Å². The first-order chi connectivity index (χ1) is 13.4. The lowest BCUT2D eigenvalue weighted by atomic mass is 10.0. The van der Waals surface area contributed by atoms with Crippen molar-refractivity contribution < 1.29 is 23.8 Å². The molecule has 0 spiro atoms. The maximum atomic E-state index is 12.2. The predicted octanol–water partition coefficient (Wildman–Crippen LogP) is 3.94. The predicted molar refractivity (Wildman–Crippen MR) is 108 cm³/mol. The van der Waals surface area contributed by atoms with Crippen molar-refractivity contribution in [2.75, 3.05) is 32.2 Å². The molecule has 150 valence electrons. The Kier molecular flexibility index (Phi) is 8.02. The minimum Gasteiger partial charge on any atom is -0.483 e. The fraction of sp³-hybridized carbons (Fsp3) is 0.364. The quantitative estimate of drug-likeness (QED) is 0.523. The van der Waals surface area contributed by atoms with E-state index in [4.69, 9.17) is 14.2 Å². The van der Waals surface area contributed by atoms with E-state index in [0.29, 0.717) is 23.8 Å². The summed E-state index contributed by atoms with van der Waals surface area (Å²) in [6.07, 6.45) is 0. The third kappa shape index (κ3) is 6.39. The molecule has 1 N–H and O–H groups in total. The van der Waals surface area contributed by atoms with E-state index < -0.39 is 5.97 Å². The van der Waals surface area contributed by atoms with E-state index in [0.717, 1.165) is 16.9 Å². The van der Waals surface area contributed by atoms with E-state index >= 15 is 0 Å². The smallest absolute Gasteiger partial charge is 0.338 e. The van der Waals surface area contributed by atoms with E-state index in [1.54, 1.807) is 24.3 Å². The third-order valence-electron chi connectivity index (χ3n) is 4.07. The van der Waals surface area contributed by atoms with Crippen LogP contribution < -0.4 is 10.1 Å². The van der Waals surface area contributed by atoms with Crippen molar-refractivity contribution >= 4 is 17.6 Å². The summed E-state index contributed by atoms with van der Waals surface area (Å²) >= 11 is 0. The lowest BCUT2D eigenvalue weighted by molar-refractivity contribution is -0.118. The van der Waals surface area contributed by atoms with Crippen molar-refractivity contribution in [3.05, 3.63) is 59.2 Å². The topological polar surface area (TPSA) is 73.9 Å². The minimum absolute atomic E-state index is 0.0933. The number of anilines is 1. The van der Waals surface area contributed by atoms with Gasteiger partial charge < -0.3 is 19.5 Å². The highest BCUT2D eigenvalue weighted by molar-refractivity contribution is 5.93. The van der Waals surface area contributed by atoms with Crippen LogP contribution in [0.2, 0.25) is 0 Å². The maximum Gasteiger partial charge on any atom is 0.338 e. The largest absolute Gasteiger partial charge is 0.483 e. The van der Waals surface area contributed by atoms with E-state index in [1.165, 1.54) is 7.11 Å². The van der Waals surface area contributed by atoms with Gasteiger partial charge in [0.2, 0.25) is 0 Å². The van der Waals surface area contributed by atoms with Gasteiger partial charge in [0.15, 0.2) is 6.61 Å². The molecule has 2 aromatic carbocycles. The summed E-state index contributed by atoms with van der Waals surface area (Å²) in [6, 6.07) is 12.5. The number of amides is 1. The van der Waals surface area contributed by atoms with Gasteiger partial charge >= 0.3 is 5.97 Å². The van der Waals surface area contributed by atoms with Crippen LogP contribution >= 0.6 is 0 Å². The molecule has 0 aliphatic rings. The molecule has 2 aromatic rings. The molecule has 0 aliphatic heterocycles. The van der Waals surface area contributed by atoms with Crippen molar-refractivity contribution in [1.82, 2.24) is 0 Å². The number of esters is 1. The van der Waals surface area contributed by atoms with Crippen LogP contribution in [0.4, 0.5) is 5.69 Å². The van der Waals surface area contributed by atoms with Gasteiger partial charge in [-0.2, -0.15) is 0 Å². The van der Waals surface area contributed by atoms with Crippen molar-refractivity contribution in [3.8, 4) is 5.75 Å². The van der Waals surface area contributed by atoms with Gasteiger partial charge in [-0.1, -0.05) is 26.0 Å². The number of carbonyl (C=O) groups is 2. The number of hydrogen-bond acceptors (Lipinski definition) is 5. The van der Waals surface area contributed by atoms with Gasteiger partial charge in [-0.15, -0.1) is 0 Å². The zero-order valence-corrected chi connectivity index (χ0v) is 16.8. The monoisotopic (exact) mass is 385 g/mol. The Hall–Kier alpha value is -2.86. The summed E-state index contributed by atoms with van der Waals surface area (Å²) in [5.41, 5.74) is 3.13. The highest BCUT2D eigenvalue weighted by Gasteiger charge is 2.11. The number of carbonyl (C=O) groups excluding carboxylic acids is 2. The van der Waals surface area contributed by atoms with Crippen LogP contribution in [-0.2, 0) is 14.3 Å². The molecule has 0 aliphatic carbocycles. The average molecular weight is 385 g/mol. The Morgan fingerprint density at radius 2 is 1.75 bits per heavy atom. The van der Waals surface area contributed by atoms with Crippen LogP contribution in [0.5, 0.6) is 5.75 Å². The number of aryl methyl sites for hydroxylation is 1. The molecule has 0 fully saturated rings. The van der Waals surface area contributed by atoms with Crippen molar-refractivity contribution in [1.29, 1.82) is 0 Å². The van der Waals surface area contributed by atoms with Crippen LogP contribution in [0.15, 0.2) is 42.5 Å². The second-order valence-corrected chi connectivity index (χ2v) is 6.74. The number of rotatable bonds is 9. The first-order valence-electron chi connectivity index (χ1n) is 9.20. The normalized spacial score (nSPS) is 10.6. The fourth-order valence-electron chi connectivity index (χ4n) is 2.57. The van der Waals surface area contributed by atoms with Crippen molar-refractivity contribution in [3.63, 3.8) is 0 Å². The first-order valence-corrected chi connectivity index (χ1v) is 9.20. The second-order valence-electron chi connectivity index (χ2n) is 6.74. The number of nitrogens with one attached hydrogen (secondary N) is 1. The summed E-state index contributed by atoms with van der Waals surface area (Å²) < 4.78 is 15.6. The van der Waals surface area contributed by atoms with E-state index in [9.17, 15) is 9.59 Å². The van der Waals surface area contributed by atoms with Crippen LogP contribution in [0, 0.1) is 6.92 Å². The van der Waals surface area contributed by atoms with Crippen LogP contribution in [0.3, 0.4) is 0 Å².